The molecule has 0 saturated carbocycles. The van der Waals surface area contributed by atoms with Crippen molar-refractivity contribution in [1.29, 1.82) is 0 Å². The number of pyridine rings is 1. The Hall–Kier alpha value is -1.62. The van der Waals surface area contributed by atoms with E-state index < -0.39 is 5.97 Å². The summed E-state index contributed by atoms with van der Waals surface area (Å²) in [6.07, 6.45) is 1.58. The van der Waals surface area contributed by atoms with E-state index in [1.165, 1.54) is 11.3 Å². The van der Waals surface area contributed by atoms with Crippen molar-refractivity contribution in [3.8, 4) is 0 Å². The Kier molecular flexibility index (Phi) is 4.10. The number of aromatic nitrogens is 1. The maximum Gasteiger partial charge on any atom is 0.350 e. The summed E-state index contributed by atoms with van der Waals surface area (Å²) in [5.41, 5.74) is 0.657. The monoisotopic (exact) mass is 337 g/mol. The van der Waals surface area contributed by atoms with Crippen LogP contribution in [0.2, 0.25) is 10.2 Å². The summed E-state index contributed by atoms with van der Waals surface area (Å²) < 4.78 is 6.22. The first kappa shape index (κ1) is 14.3. The van der Waals surface area contributed by atoms with Crippen molar-refractivity contribution < 1.29 is 9.53 Å². The summed E-state index contributed by atoms with van der Waals surface area (Å²) in [5.74, 6) is -0.457. The quantitative estimate of drug-likeness (QED) is 0.500. The second-order valence-electron chi connectivity index (χ2n) is 4.27. The summed E-state index contributed by atoms with van der Waals surface area (Å²) in [7, 11) is 0. The molecule has 2 heterocycles. The molecule has 1 aromatic carbocycles. The van der Waals surface area contributed by atoms with E-state index in [2.05, 4.69) is 4.98 Å². The molecule has 106 valence electrons. The fourth-order valence-corrected chi connectivity index (χ4v) is 3.46. The molecule has 0 atom stereocenters. The van der Waals surface area contributed by atoms with E-state index in [1.54, 1.807) is 18.3 Å². The highest BCUT2D eigenvalue weighted by Gasteiger charge is 2.18. The molecule has 0 bridgehead atoms. The molecule has 0 N–H and O–H groups in total. The lowest BCUT2D eigenvalue weighted by Crippen LogP contribution is -2.04. The molecule has 2 aromatic heterocycles. The standard InChI is InChI=1S/C15H9Cl2NO2S/c16-12-10-5-1-2-6-11(10)21-13(12)15(19)20-8-9-4-3-7-18-14(9)17/h1-7H,8H2. The fourth-order valence-electron chi connectivity index (χ4n) is 1.88. The van der Waals surface area contributed by atoms with Crippen molar-refractivity contribution in [3.05, 3.63) is 63.2 Å². The van der Waals surface area contributed by atoms with Crippen LogP contribution in [0.4, 0.5) is 0 Å². The van der Waals surface area contributed by atoms with Crippen LogP contribution < -0.4 is 0 Å². The second-order valence-corrected chi connectivity index (χ2v) is 6.06. The number of nitrogens with zero attached hydrogens (tertiary/aromatic N) is 1. The predicted octanol–water partition coefficient (Wildman–Crippen LogP) is 4.96. The third kappa shape index (κ3) is 2.88. The van der Waals surface area contributed by atoms with Crippen molar-refractivity contribution >= 4 is 50.6 Å². The highest BCUT2D eigenvalue weighted by Crippen LogP contribution is 2.35. The molecule has 21 heavy (non-hydrogen) atoms. The minimum atomic E-state index is -0.457. The van der Waals surface area contributed by atoms with Crippen LogP contribution in [0.5, 0.6) is 0 Å². The fraction of sp³-hybridized carbons (Fsp3) is 0.0667. The van der Waals surface area contributed by atoms with Crippen molar-refractivity contribution in [2.24, 2.45) is 0 Å². The number of hydrogen-bond donors (Lipinski definition) is 0. The number of ether oxygens (including phenoxy) is 1. The van der Waals surface area contributed by atoms with Gasteiger partial charge in [0.1, 0.15) is 16.6 Å². The van der Waals surface area contributed by atoms with Gasteiger partial charge in [-0.2, -0.15) is 0 Å². The van der Waals surface area contributed by atoms with Crippen molar-refractivity contribution in [1.82, 2.24) is 4.98 Å². The van der Waals surface area contributed by atoms with Crippen LogP contribution in [0, 0.1) is 0 Å². The number of rotatable bonds is 3. The normalized spacial score (nSPS) is 10.8. The molecule has 0 unspecified atom stereocenters. The molecule has 0 aliphatic carbocycles. The molecule has 6 heteroatoms. The molecule has 0 aliphatic rings. The molecule has 0 radical (unpaired) electrons. The predicted molar refractivity (Wildman–Crippen MR) is 85.2 cm³/mol. The lowest BCUT2D eigenvalue weighted by Gasteiger charge is -2.04. The van der Waals surface area contributed by atoms with Gasteiger partial charge in [0.2, 0.25) is 0 Å². The molecule has 0 aliphatic heterocycles. The van der Waals surface area contributed by atoms with Crippen molar-refractivity contribution in [2.75, 3.05) is 0 Å². The average molecular weight is 338 g/mol. The second kappa shape index (κ2) is 6.02. The van der Waals surface area contributed by atoms with Gasteiger partial charge in [0, 0.05) is 21.8 Å². The average Bonchev–Trinajstić information content (AvgIpc) is 2.84. The Bertz CT molecular complexity index is 816. The van der Waals surface area contributed by atoms with E-state index in [9.17, 15) is 4.79 Å². The number of thiophene rings is 1. The summed E-state index contributed by atoms with van der Waals surface area (Å²) >= 11 is 13.5. The minimum Gasteiger partial charge on any atom is -0.456 e. The van der Waals surface area contributed by atoms with E-state index in [0.29, 0.717) is 20.6 Å². The molecular weight excluding hydrogens is 329 g/mol. The largest absolute Gasteiger partial charge is 0.456 e. The summed E-state index contributed by atoms with van der Waals surface area (Å²) in [4.78, 5) is 16.5. The van der Waals surface area contributed by atoms with Gasteiger partial charge in [0.25, 0.3) is 0 Å². The van der Waals surface area contributed by atoms with Crippen LogP contribution in [0.15, 0.2) is 42.6 Å². The Morgan fingerprint density at radius 2 is 2.00 bits per heavy atom. The first-order chi connectivity index (χ1) is 10.2. The van der Waals surface area contributed by atoms with Crippen LogP contribution in [-0.2, 0) is 11.3 Å². The summed E-state index contributed by atoms with van der Waals surface area (Å²) in [6.45, 7) is 0.0656. The lowest BCUT2D eigenvalue weighted by molar-refractivity contribution is 0.0478. The molecule has 0 spiro atoms. The van der Waals surface area contributed by atoms with Gasteiger partial charge in [-0.1, -0.05) is 47.5 Å². The number of hydrogen-bond acceptors (Lipinski definition) is 4. The van der Waals surface area contributed by atoms with Gasteiger partial charge in [-0.3, -0.25) is 0 Å². The first-order valence-electron chi connectivity index (χ1n) is 6.10. The third-order valence-electron chi connectivity index (χ3n) is 2.92. The topological polar surface area (TPSA) is 39.2 Å². The number of fused-ring (bicyclic) bond motifs is 1. The maximum atomic E-state index is 12.2. The zero-order valence-electron chi connectivity index (χ0n) is 10.7. The highest BCUT2D eigenvalue weighted by atomic mass is 35.5. The Morgan fingerprint density at radius 1 is 1.19 bits per heavy atom. The number of carbonyl (C=O) groups excluding carboxylic acids is 1. The molecule has 0 amide bonds. The van der Waals surface area contributed by atoms with Crippen molar-refractivity contribution in [3.63, 3.8) is 0 Å². The van der Waals surface area contributed by atoms with Crippen LogP contribution in [0.1, 0.15) is 15.2 Å². The number of carbonyl (C=O) groups is 1. The Morgan fingerprint density at radius 3 is 2.76 bits per heavy atom. The SMILES string of the molecule is O=C(OCc1cccnc1Cl)c1sc2ccccc2c1Cl. The summed E-state index contributed by atoms with van der Waals surface area (Å²) in [5, 5.41) is 1.61. The molecule has 0 fully saturated rings. The molecule has 3 nitrogen and oxygen atoms in total. The van der Waals surface area contributed by atoms with E-state index in [4.69, 9.17) is 27.9 Å². The number of halogens is 2. The van der Waals surface area contributed by atoms with Gasteiger partial charge < -0.3 is 4.74 Å². The van der Waals surface area contributed by atoms with Gasteiger partial charge in [-0.05, 0) is 12.1 Å². The van der Waals surface area contributed by atoms with E-state index in [-0.39, 0.29) is 6.61 Å². The first-order valence-corrected chi connectivity index (χ1v) is 7.67. The van der Waals surface area contributed by atoms with Crippen LogP contribution in [0.3, 0.4) is 0 Å². The lowest BCUT2D eigenvalue weighted by atomic mass is 10.2. The van der Waals surface area contributed by atoms with Crippen molar-refractivity contribution in [2.45, 2.75) is 6.61 Å². The van der Waals surface area contributed by atoms with Crippen LogP contribution in [-0.4, -0.2) is 11.0 Å². The van der Waals surface area contributed by atoms with E-state index >= 15 is 0 Å². The van der Waals surface area contributed by atoms with E-state index in [1.807, 2.05) is 24.3 Å². The molecule has 0 saturated heterocycles. The van der Waals surface area contributed by atoms with Gasteiger partial charge in [0.05, 0.1) is 5.02 Å². The van der Waals surface area contributed by atoms with Gasteiger partial charge >= 0.3 is 5.97 Å². The molecule has 3 aromatic rings. The van der Waals surface area contributed by atoms with Gasteiger partial charge in [-0.15, -0.1) is 11.3 Å². The Balaban J connectivity index is 1.81. The van der Waals surface area contributed by atoms with Crippen LogP contribution in [0.25, 0.3) is 10.1 Å². The molecular formula is C15H9Cl2NO2S. The maximum absolute atomic E-state index is 12.2. The summed E-state index contributed by atoms with van der Waals surface area (Å²) in [6, 6.07) is 11.1. The highest BCUT2D eigenvalue weighted by molar-refractivity contribution is 7.21. The van der Waals surface area contributed by atoms with Gasteiger partial charge in [0.15, 0.2) is 0 Å². The number of benzene rings is 1. The van der Waals surface area contributed by atoms with Crippen LogP contribution >= 0.6 is 34.5 Å². The van der Waals surface area contributed by atoms with Gasteiger partial charge in [-0.25, -0.2) is 9.78 Å². The third-order valence-corrected chi connectivity index (χ3v) is 4.91. The molecule has 3 rings (SSSR count). The zero-order valence-corrected chi connectivity index (χ0v) is 13.0. The Labute approximate surface area is 135 Å². The smallest absolute Gasteiger partial charge is 0.350 e. The minimum absolute atomic E-state index is 0.0656. The van der Waals surface area contributed by atoms with E-state index in [0.717, 1.165) is 10.1 Å². The number of esters is 1. The zero-order chi connectivity index (χ0) is 14.8.